The predicted octanol–water partition coefficient (Wildman–Crippen LogP) is 0.143. The Morgan fingerprint density at radius 1 is 1.46 bits per heavy atom. The van der Waals surface area contributed by atoms with Gasteiger partial charge in [-0.2, -0.15) is 0 Å². The highest BCUT2D eigenvalue weighted by Gasteiger charge is 2.15. The van der Waals surface area contributed by atoms with Gasteiger partial charge in [0.25, 0.3) is 0 Å². The minimum absolute atomic E-state index is 0.129. The minimum Gasteiger partial charge on any atom is -0.633 e. The molecule has 3 unspecified atom stereocenters. The first-order chi connectivity index (χ1) is 6.15. The fourth-order valence-corrected chi connectivity index (χ4v) is 1.40. The second-order valence-corrected chi connectivity index (χ2v) is 3.26. The maximum atomic E-state index is 11.2. The van der Waals surface area contributed by atoms with Gasteiger partial charge in [0.1, 0.15) is 0 Å². The quantitative estimate of drug-likeness (QED) is 0.445. The summed E-state index contributed by atoms with van der Waals surface area (Å²) in [7, 11) is 0. The molecule has 0 amide bonds. The van der Waals surface area contributed by atoms with E-state index in [9.17, 15) is 5.21 Å². The van der Waals surface area contributed by atoms with Gasteiger partial charge in [-0.25, -0.2) is 4.99 Å². The van der Waals surface area contributed by atoms with Crippen molar-refractivity contribution in [2.75, 3.05) is 13.2 Å². The van der Waals surface area contributed by atoms with E-state index in [-0.39, 0.29) is 23.7 Å². The van der Waals surface area contributed by atoms with Gasteiger partial charge in [-0.3, -0.25) is 4.99 Å². The predicted molar refractivity (Wildman–Crippen MR) is 56.4 cm³/mol. The molecule has 0 radical (unpaired) electrons. The van der Waals surface area contributed by atoms with Crippen LogP contribution in [0.2, 0.25) is 0 Å². The van der Waals surface area contributed by atoms with Crippen LogP contribution in [-0.2, 0) is 0 Å². The zero-order chi connectivity index (χ0) is 10.3. The van der Waals surface area contributed by atoms with Crippen LogP contribution in [0.1, 0.15) is 20.3 Å². The van der Waals surface area contributed by atoms with Crippen LogP contribution >= 0.6 is 0 Å². The first kappa shape index (κ1) is 12.3. The summed E-state index contributed by atoms with van der Waals surface area (Å²) in [6, 6.07) is 0.189. The largest absolute Gasteiger partial charge is 0.633 e. The van der Waals surface area contributed by atoms with Crippen molar-refractivity contribution in [3.05, 3.63) is 5.21 Å². The summed E-state index contributed by atoms with van der Waals surface area (Å²) in [5, 5.41) is 11.3. The maximum absolute atomic E-state index is 11.2. The molecule has 0 aromatic rings. The Labute approximate surface area is 80.0 Å². The molecule has 4 nitrogen and oxygen atoms in total. The topological polar surface area (TPSA) is 52.2 Å². The summed E-state index contributed by atoms with van der Waals surface area (Å²) < 4.78 is 0. The monoisotopic (exact) mass is 185 g/mol. The van der Waals surface area contributed by atoms with Crippen molar-refractivity contribution in [1.29, 1.82) is 0 Å². The molecule has 76 valence electrons. The van der Waals surface area contributed by atoms with Crippen LogP contribution in [0.15, 0.2) is 9.98 Å². The average molecular weight is 185 g/mol. The summed E-state index contributed by atoms with van der Waals surface area (Å²) in [6.45, 7) is 11.6. The Morgan fingerprint density at radius 3 is 2.46 bits per heavy atom. The highest BCUT2D eigenvalue weighted by Crippen LogP contribution is 2.08. The minimum atomic E-state index is 0.129. The van der Waals surface area contributed by atoms with E-state index in [1.54, 1.807) is 0 Å². The van der Waals surface area contributed by atoms with Gasteiger partial charge in [0.15, 0.2) is 6.67 Å². The number of rotatable bonds is 7. The number of hydrogen-bond donors (Lipinski definition) is 1. The molecule has 0 aliphatic carbocycles. The molecular formula is C9H19N3O. The summed E-state index contributed by atoms with van der Waals surface area (Å²) in [5.74, 6) is 0.261. The summed E-state index contributed by atoms with van der Waals surface area (Å²) in [6.07, 6.45) is 0.930. The Morgan fingerprint density at radius 2 is 2.08 bits per heavy atom. The molecule has 13 heavy (non-hydrogen) atoms. The number of nitrogens with one attached hydrogen (secondary N) is 1. The number of nitrogens with zero attached hydrogens (tertiary/aromatic N) is 2. The van der Waals surface area contributed by atoms with E-state index in [0.717, 1.165) is 6.42 Å². The van der Waals surface area contributed by atoms with E-state index >= 15 is 0 Å². The lowest BCUT2D eigenvalue weighted by Crippen LogP contribution is -3.07. The average Bonchev–Trinajstić information content (AvgIpc) is 2.06. The van der Waals surface area contributed by atoms with Gasteiger partial charge in [0, 0.05) is 5.92 Å². The van der Waals surface area contributed by atoms with E-state index in [4.69, 9.17) is 0 Å². The summed E-state index contributed by atoms with van der Waals surface area (Å²) in [5.41, 5.74) is 0. The van der Waals surface area contributed by atoms with E-state index < -0.39 is 0 Å². The van der Waals surface area contributed by atoms with Gasteiger partial charge in [0.2, 0.25) is 0 Å². The standard InChI is InChI=1S/C9H19N3O/c1-5-9(11-4)8(2)6-12(13)7-10-3/h8-9,12H,3-7H2,1-2H3. The molecule has 3 atom stereocenters. The molecule has 0 fully saturated rings. The number of aliphatic imine (C=N–C) groups is 2. The maximum Gasteiger partial charge on any atom is 0.170 e. The van der Waals surface area contributed by atoms with Gasteiger partial charge >= 0.3 is 0 Å². The first-order valence-corrected chi connectivity index (χ1v) is 4.55. The lowest BCUT2D eigenvalue weighted by Gasteiger charge is -2.26. The molecule has 0 aliphatic heterocycles. The Bertz CT molecular complexity index is 161. The lowest BCUT2D eigenvalue weighted by molar-refractivity contribution is -0.850. The number of hydroxylamine groups is 2. The van der Waals surface area contributed by atoms with Crippen LogP contribution in [0.5, 0.6) is 0 Å². The van der Waals surface area contributed by atoms with Crippen LogP contribution in [0.4, 0.5) is 0 Å². The third-order valence-corrected chi connectivity index (χ3v) is 2.15. The first-order valence-electron chi connectivity index (χ1n) is 4.55. The van der Waals surface area contributed by atoms with Crippen LogP contribution in [0, 0.1) is 11.1 Å². The second kappa shape index (κ2) is 6.74. The van der Waals surface area contributed by atoms with Crippen molar-refractivity contribution in [2.24, 2.45) is 15.9 Å². The molecule has 0 aliphatic rings. The molecule has 0 bridgehead atoms. The number of hydrogen-bond acceptors (Lipinski definition) is 3. The van der Waals surface area contributed by atoms with Crippen LogP contribution in [0.25, 0.3) is 0 Å². The third-order valence-electron chi connectivity index (χ3n) is 2.15. The smallest absolute Gasteiger partial charge is 0.170 e. The lowest BCUT2D eigenvalue weighted by atomic mass is 10.0. The van der Waals surface area contributed by atoms with Gasteiger partial charge in [-0.05, 0) is 19.9 Å². The Balaban J connectivity index is 3.88. The van der Waals surface area contributed by atoms with Crippen LogP contribution in [-0.4, -0.2) is 32.7 Å². The van der Waals surface area contributed by atoms with Crippen molar-refractivity contribution in [3.63, 3.8) is 0 Å². The molecule has 0 aromatic heterocycles. The molecular weight excluding hydrogens is 166 g/mol. The van der Waals surface area contributed by atoms with Crippen molar-refractivity contribution in [3.8, 4) is 0 Å². The zero-order valence-corrected chi connectivity index (χ0v) is 8.49. The van der Waals surface area contributed by atoms with E-state index in [1.165, 1.54) is 0 Å². The molecule has 0 saturated carbocycles. The highest BCUT2D eigenvalue weighted by molar-refractivity contribution is 5.24. The van der Waals surface area contributed by atoms with Gasteiger partial charge in [0.05, 0.1) is 12.6 Å². The second-order valence-electron chi connectivity index (χ2n) is 3.26. The summed E-state index contributed by atoms with van der Waals surface area (Å²) in [4.78, 5) is 7.53. The normalized spacial score (nSPS) is 17.5. The van der Waals surface area contributed by atoms with Crippen LogP contribution in [0.3, 0.4) is 0 Å². The fraction of sp³-hybridized carbons (Fsp3) is 0.778. The Hall–Kier alpha value is -0.740. The van der Waals surface area contributed by atoms with Gasteiger partial charge in [-0.1, -0.05) is 13.8 Å². The summed E-state index contributed by atoms with van der Waals surface area (Å²) >= 11 is 0. The molecule has 0 saturated heterocycles. The molecule has 0 rings (SSSR count). The molecule has 0 aromatic carbocycles. The van der Waals surface area contributed by atoms with Crippen molar-refractivity contribution >= 4 is 13.4 Å². The molecule has 4 heteroatoms. The SMILES string of the molecule is C=NC[NH+]([O-])CC(C)C(CC)N=C. The zero-order valence-electron chi connectivity index (χ0n) is 8.49. The third kappa shape index (κ3) is 4.75. The fourth-order valence-electron chi connectivity index (χ4n) is 1.40. The molecule has 0 spiro atoms. The van der Waals surface area contributed by atoms with Crippen molar-refractivity contribution in [2.45, 2.75) is 26.3 Å². The van der Waals surface area contributed by atoms with Crippen molar-refractivity contribution < 1.29 is 5.06 Å². The van der Waals surface area contributed by atoms with Crippen molar-refractivity contribution in [1.82, 2.24) is 0 Å². The van der Waals surface area contributed by atoms with E-state index in [1.807, 2.05) is 13.8 Å². The Kier molecular flexibility index (Phi) is 6.36. The molecule has 1 N–H and O–H groups in total. The highest BCUT2D eigenvalue weighted by atomic mass is 16.5. The molecule has 0 heterocycles. The number of quaternary nitrogens is 1. The van der Waals surface area contributed by atoms with E-state index in [0.29, 0.717) is 6.54 Å². The van der Waals surface area contributed by atoms with E-state index in [2.05, 4.69) is 23.4 Å². The van der Waals surface area contributed by atoms with Crippen LogP contribution < -0.4 is 5.06 Å². The van der Waals surface area contributed by atoms with Gasteiger partial charge in [-0.15, -0.1) is 0 Å². The van der Waals surface area contributed by atoms with Gasteiger partial charge < -0.3 is 10.3 Å².